The van der Waals surface area contributed by atoms with Crippen LogP contribution in [-0.2, 0) is 11.2 Å². The average molecular weight is 224 g/mol. The van der Waals surface area contributed by atoms with Crippen LogP contribution in [0.1, 0.15) is 5.56 Å². The Morgan fingerprint density at radius 3 is 2.44 bits per heavy atom. The lowest BCUT2D eigenvalue weighted by Gasteiger charge is -2.10. The van der Waals surface area contributed by atoms with Crippen LogP contribution in [-0.4, -0.2) is 29.1 Å². The second-order valence-electron chi connectivity index (χ2n) is 3.31. The van der Waals surface area contributed by atoms with Gasteiger partial charge in [-0.2, -0.15) is 0 Å². The molecule has 6 nitrogen and oxygen atoms in total. The van der Waals surface area contributed by atoms with E-state index in [1.807, 2.05) is 0 Å². The van der Waals surface area contributed by atoms with Gasteiger partial charge >= 0.3 is 5.97 Å². The van der Waals surface area contributed by atoms with E-state index in [2.05, 4.69) is 5.32 Å². The fourth-order valence-corrected chi connectivity index (χ4v) is 1.30. The maximum Gasteiger partial charge on any atom is 0.321 e. The van der Waals surface area contributed by atoms with Crippen molar-refractivity contribution in [2.24, 2.45) is 0 Å². The molecule has 0 aromatic heterocycles. The van der Waals surface area contributed by atoms with E-state index in [9.17, 15) is 14.9 Å². The van der Waals surface area contributed by atoms with Gasteiger partial charge in [-0.3, -0.25) is 14.9 Å². The molecule has 0 amide bonds. The number of nitro benzene ring substituents is 1. The SMILES string of the molecule is CNC(Cc1ccc([N+](=O)[O-])cc1)C(=O)O. The highest BCUT2D eigenvalue weighted by Gasteiger charge is 2.15. The van der Waals surface area contributed by atoms with Gasteiger partial charge in [-0.05, 0) is 19.0 Å². The Labute approximate surface area is 92.0 Å². The van der Waals surface area contributed by atoms with E-state index in [0.29, 0.717) is 6.42 Å². The summed E-state index contributed by atoms with van der Waals surface area (Å²) in [6.07, 6.45) is 0.295. The van der Waals surface area contributed by atoms with E-state index in [1.54, 1.807) is 19.2 Å². The van der Waals surface area contributed by atoms with Crippen LogP contribution in [0.15, 0.2) is 24.3 Å². The van der Waals surface area contributed by atoms with Gasteiger partial charge in [0.05, 0.1) is 4.92 Å². The molecular formula is C10H12N2O4. The number of aliphatic carboxylic acids is 1. The third kappa shape index (κ3) is 3.03. The van der Waals surface area contributed by atoms with Crippen LogP contribution in [0.3, 0.4) is 0 Å². The van der Waals surface area contributed by atoms with Gasteiger partial charge < -0.3 is 10.4 Å². The first-order valence-electron chi connectivity index (χ1n) is 4.68. The molecule has 1 aromatic carbocycles. The number of carbonyl (C=O) groups is 1. The predicted molar refractivity (Wildman–Crippen MR) is 57.3 cm³/mol. The molecule has 0 aliphatic carbocycles. The average Bonchev–Trinajstić information content (AvgIpc) is 2.26. The summed E-state index contributed by atoms with van der Waals surface area (Å²) in [7, 11) is 1.56. The standard InChI is InChI=1S/C10H12N2O4/c1-11-9(10(13)14)6-7-2-4-8(5-3-7)12(15)16/h2-5,9,11H,6H2,1H3,(H,13,14). The number of rotatable bonds is 5. The Hall–Kier alpha value is -1.95. The first kappa shape index (κ1) is 12.1. The van der Waals surface area contributed by atoms with Gasteiger partial charge in [0.1, 0.15) is 6.04 Å². The first-order valence-corrected chi connectivity index (χ1v) is 4.68. The molecule has 0 bridgehead atoms. The number of hydrogen-bond donors (Lipinski definition) is 2. The van der Waals surface area contributed by atoms with Gasteiger partial charge in [0.25, 0.3) is 5.69 Å². The second kappa shape index (κ2) is 5.22. The van der Waals surface area contributed by atoms with Crippen LogP contribution >= 0.6 is 0 Å². The summed E-state index contributed by atoms with van der Waals surface area (Å²) >= 11 is 0. The molecular weight excluding hydrogens is 212 g/mol. The molecule has 0 saturated heterocycles. The maximum atomic E-state index is 10.7. The minimum Gasteiger partial charge on any atom is -0.480 e. The normalized spacial score (nSPS) is 12.1. The minimum atomic E-state index is -0.944. The molecule has 16 heavy (non-hydrogen) atoms. The lowest BCUT2D eigenvalue weighted by molar-refractivity contribution is -0.384. The molecule has 0 fully saturated rings. The molecule has 1 rings (SSSR count). The molecule has 0 aliphatic rings. The van der Waals surface area contributed by atoms with E-state index in [1.165, 1.54) is 12.1 Å². The molecule has 1 aromatic rings. The molecule has 0 heterocycles. The molecule has 1 unspecified atom stereocenters. The Kier molecular flexibility index (Phi) is 3.96. The number of nitrogens with zero attached hydrogens (tertiary/aromatic N) is 1. The molecule has 2 N–H and O–H groups in total. The summed E-state index contributed by atoms with van der Waals surface area (Å²) in [6.45, 7) is 0. The zero-order valence-corrected chi connectivity index (χ0v) is 8.71. The molecule has 0 radical (unpaired) electrons. The number of benzene rings is 1. The number of hydrogen-bond acceptors (Lipinski definition) is 4. The van der Waals surface area contributed by atoms with Crippen LogP contribution < -0.4 is 5.32 Å². The number of carboxylic acid groups (broad SMARTS) is 1. The lowest BCUT2D eigenvalue weighted by Crippen LogP contribution is -2.35. The summed E-state index contributed by atoms with van der Waals surface area (Å²) < 4.78 is 0. The Morgan fingerprint density at radius 1 is 1.50 bits per heavy atom. The van der Waals surface area contributed by atoms with Gasteiger partial charge in [-0.15, -0.1) is 0 Å². The van der Waals surface area contributed by atoms with Crippen molar-refractivity contribution in [3.8, 4) is 0 Å². The zero-order chi connectivity index (χ0) is 12.1. The second-order valence-corrected chi connectivity index (χ2v) is 3.31. The van der Waals surface area contributed by atoms with Crippen molar-refractivity contribution in [1.82, 2.24) is 5.32 Å². The van der Waals surface area contributed by atoms with Crippen molar-refractivity contribution in [3.05, 3.63) is 39.9 Å². The molecule has 1 atom stereocenters. The first-order chi connectivity index (χ1) is 7.54. The molecule has 0 aliphatic heterocycles. The summed E-state index contributed by atoms with van der Waals surface area (Å²) in [5, 5.41) is 21.9. The highest BCUT2D eigenvalue weighted by Crippen LogP contribution is 2.13. The van der Waals surface area contributed by atoms with E-state index in [-0.39, 0.29) is 5.69 Å². The fraction of sp³-hybridized carbons (Fsp3) is 0.300. The van der Waals surface area contributed by atoms with Crippen molar-refractivity contribution in [2.75, 3.05) is 7.05 Å². The number of carboxylic acids is 1. The van der Waals surface area contributed by atoms with Crippen LogP contribution in [0.25, 0.3) is 0 Å². The Morgan fingerprint density at radius 2 is 2.06 bits per heavy atom. The van der Waals surface area contributed by atoms with Crippen LogP contribution in [0, 0.1) is 10.1 Å². The van der Waals surface area contributed by atoms with Crippen LogP contribution in [0.5, 0.6) is 0 Å². The number of nitro groups is 1. The van der Waals surface area contributed by atoms with Gasteiger partial charge in [0.2, 0.25) is 0 Å². The van der Waals surface area contributed by atoms with E-state index >= 15 is 0 Å². The number of non-ortho nitro benzene ring substituents is 1. The summed E-state index contributed by atoms with van der Waals surface area (Å²) in [5.74, 6) is -0.944. The van der Waals surface area contributed by atoms with Gasteiger partial charge in [0, 0.05) is 12.1 Å². The minimum absolute atomic E-state index is 0.0000765. The topological polar surface area (TPSA) is 92.5 Å². The van der Waals surface area contributed by atoms with E-state index < -0.39 is 16.9 Å². The van der Waals surface area contributed by atoms with E-state index in [0.717, 1.165) is 5.56 Å². The smallest absolute Gasteiger partial charge is 0.321 e. The van der Waals surface area contributed by atoms with Crippen molar-refractivity contribution in [3.63, 3.8) is 0 Å². The van der Waals surface area contributed by atoms with Crippen molar-refractivity contribution < 1.29 is 14.8 Å². The number of likely N-dealkylation sites (N-methyl/N-ethyl adjacent to an activating group) is 1. The number of nitrogens with one attached hydrogen (secondary N) is 1. The van der Waals surface area contributed by atoms with Crippen molar-refractivity contribution >= 4 is 11.7 Å². The summed E-state index contributed by atoms with van der Waals surface area (Å²) in [6, 6.07) is 5.17. The molecule has 0 saturated carbocycles. The Balaban J connectivity index is 2.75. The van der Waals surface area contributed by atoms with Crippen LogP contribution in [0.4, 0.5) is 5.69 Å². The molecule has 0 spiro atoms. The van der Waals surface area contributed by atoms with Gasteiger partial charge in [-0.1, -0.05) is 12.1 Å². The highest BCUT2D eigenvalue weighted by molar-refractivity contribution is 5.73. The van der Waals surface area contributed by atoms with Crippen molar-refractivity contribution in [1.29, 1.82) is 0 Å². The third-order valence-corrected chi connectivity index (χ3v) is 2.23. The third-order valence-electron chi connectivity index (χ3n) is 2.23. The van der Waals surface area contributed by atoms with Gasteiger partial charge in [-0.25, -0.2) is 0 Å². The molecule has 6 heteroatoms. The monoisotopic (exact) mass is 224 g/mol. The summed E-state index contributed by atoms with van der Waals surface area (Å²) in [5.41, 5.74) is 0.743. The quantitative estimate of drug-likeness (QED) is 0.570. The zero-order valence-electron chi connectivity index (χ0n) is 8.71. The molecule has 86 valence electrons. The van der Waals surface area contributed by atoms with Crippen molar-refractivity contribution in [2.45, 2.75) is 12.5 Å². The van der Waals surface area contributed by atoms with Gasteiger partial charge in [0.15, 0.2) is 0 Å². The van der Waals surface area contributed by atoms with Crippen LogP contribution in [0.2, 0.25) is 0 Å². The maximum absolute atomic E-state index is 10.7. The highest BCUT2D eigenvalue weighted by atomic mass is 16.6. The van der Waals surface area contributed by atoms with E-state index in [4.69, 9.17) is 5.11 Å². The lowest BCUT2D eigenvalue weighted by atomic mass is 10.1. The fourth-order valence-electron chi connectivity index (χ4n) is 1.30. The largest absolute Gasteiger partial charge is 0.480 e. The summed E-state index contributed by atoms with van der Waals surface area (Å²) in [4.78, 5) is 20.6. The Bertz CT molecular complexity index is 388. The predicted octanol–water partition coefficient (Wildman–Crippen LogP) is 0.810.